The van der Waals surface area contributed by atoms with Gasteiger partial charge in [0, 0.05) is 12.1 Å². The molecule has 130 valence electrons. The summed E-state index contributed by atoms with van der Waals surface area (Å²) in [5, 5.41) is 13.1. The normalized spacial score (nSPS) is 10.0. The highest BCUT2D eigenvalue weighted by atomic mass is 19.1. The molecule has 1 N–H and O–H groups in total. The third-order valence-electron chi connectivity index (χ3n) is 3.10. The second kappa shape index (κ2) is 7.86. The lowest BCUT2D eigenvalue weighted by molar-refractivity contribution is -0.384. The fourth-order valence-corrected chi connectivity index (χ4v) is 1.93. The molecule has 0 heterocycles. The van der Waals surface area contributed by atoms with Crippen LogP contribution < -0.4 is 10.1 Å². The van der Waals surface area contributed by atoms with Crippen molar-refractivity contribution in [3.05, 3.63) is 64.0 Å². The minimum absolute atomic E-state index is 0.0450. The Hall–Kier alpha value is -3.49. The lowest BCUT2D eigenvalue weighted by Gasteiger charge is -2.10. The van der Waals surface area contributed by atoms with E-state index in [9.17, 15) is 24.1 Å². The SMILES string of the molecule is COc1ccc([N+](=O)[O-])cc1NC(=O)COC(=O)c1ccccc1F. The van der Waals surface area contributed by atoms with E-state index in [1.807, 2.05) is 0 Å². The molecule has 0 unspecified atom stereocenters. The van der Waals surface area contributed by atoms with Gasteiger partial charge < -0.3 is 14.8 Å². The number of anilines is 1. The number of rotatable bonds is 6. The fourth-order valence-electron chi connectivity index (χ4n) is 1.93. The molecule has 0 aliphatic carbocycles. The van der Waals surface area contributed by atoms with E-state index in [0.29, 0.717) is 0 Å². The quantitative estimate of drug-likeness (QED) is 0.488. The molecule has 1 amide bonds. The van der Waals surface area contributed by atoms with Gasteiger partial charge >= 0.3 is 5.97 Å². The number of amides is 1. The predicted octanol–water partition coefficient (Wildman–Crippen LogP) is 2.54. The molecule has 25 heavy (non-hydrogen) atoms. The van der Waals surface area contributed by atoms with E-state index in [0.717, 1.165) is 12.1 Å². The van der Waals surface area contributed by atoms with Crippen molar-refractivity contribution < 1.29 is 28.4 Å². The Balaban J connectivity index is 2.03. The summed E-state index contributed by atoms with van der Waals surface area (Å²) >= 11 is 0. The first-order valence-electron chi connectivity index (χ1n) is 6.96. The topological polar surface area (TPSA) is 108 Å². The summed E-state index contributed by atoms with van der Waals surface area (Å²) < 4.78 is 23.2. The third-order valence-corrected chi connectivity index (χ3v) is 3.10. The number of nitro groups is 1. The zero-order valence-corrected chi connectivity index (χ0v) is 13.0. The number of nitrogens with zero attached hydrogens (tertiary/aromatic N) is 1. The Morgan fingerprint density at radius 1 is 1.24 bits per heavy atom. The van der Waals surface area contributed by atoms with Crippen LogP contribution in [0.1, 0.15) is 10.4 Å². The van der Waals surface area contributed by atoms with Crippen molar-refractivity contribution in [2.75, 3.05) is 19.0 Å². The Morgan fingerprint density at radius 3 is 2.60 bits per heavy atom. The number of hydrogen-bond acceptors (Lipinski definition) is 6. The van der Waals surface area contributed by atoms with Gasteiger partial charge in [0.2, 0.25) is 0 Å². The molecule has 2 rings (SSSR count). The van der Waals surface area contributed by atoms with Gasteiger partial charge in [0.05, 0.1) is 23.3 Å². The van der Waals surface area contributed by atoms with Crippen LogP contribution in [0.25, 0.3) is 0 Å². The van der Waals surface area contributed by atoms with Gasteiger partial charge in [-0.3, -0.25) is 14.9 Å². The average molecular weight is 348 g/mol. The highest BCUT2D eigenvalue weighted by Crippen LogP contribution is 2.28. The number of nitro benzene ring substituents is 1. The molecule has 2 aromatic carbocycles. The molecular weight excluding hydrogens is 335 g/mol. The van der Waals surface area contributed by atoms with Crippen molar-refractivity contribution >= 4 is 23.3 Å². The molecule has 0 aliphatic rings. The zero-order valence-electron chi connectivity index (χ0n) is 13.0. The van der Waals surface area contributed by atoms with Crippen LogP contribution in [-0.4, -0.2) is 30.5 Å². The van der Waals surface area contributed by atoms with E-state index in [4.69, 9.17) is 9.47 Å². The van der Waals surface area contributed by atoms with E-state index in [-0.39, 0.29) is 22.7 Å². The number of carbonyl (C=O) groups excluding carboxylic acids is 2. The van der Waals surface area contributed by atoms with Crippen molar-refractivity contribution in [3.8, 4) is 5.75 Å². The van der Waals surface area contributed by atoms with Crippen LogP contribution in [0.4, 0.5) is 15.8 Å². The summed E-state index contributed by atoms with van der Waals surface area (Å²) in [5.74, 6) is -2.34. The number of nitrogens with one attached hydrogen (secondary N) is 1. The van der Waals surface area contributed by atoms with E-state index in [2.05, 4.69) is 5.32 Å². The maximum absolute atomic E-state index is 13.4. The Kier molecular flexibility index (Phi) is 5.62. The predicted molar refractivity (Wildman–Crippen MR) is 85.0 cm³/mol. The van der Waals surface area contributed by atoms with Crippen molar-refractivity contribution in [2.24, 2.45) is 0 Å². The number of halogens is 1. The molecule has 0 aromatic heterocycles. The van der Waals surface area contributed by atoms with Gasteiger partial charge in [-0.1, -0.05) is 12.1 Å². The monoisotopic (exact) mass is 348 g/mol. The number of methoxy groups -OCH3 is 1. The largest absolute Gasteiger partial charge is 0.495 e. The summed E-state index contributed by atoms with van der Waals surface area (Å²) in [6.07, 6.45) is 0. The van der Waals surface area contributed by atoms with Crippen molar-refractivity contribution in [1.29, 1.82) is 0 Å². The standard InChI is InChI=1S/C16H13FN2O6/c1-24-14-7-6-10(19(22)23)8-13(14)18-15(20)9-25-16(21)11-4-2-3-5-12(11)17/h2-8H,9H2,1H3,(H,18,20). The number of hydrogen-bond donors (Lipinski definition) is 1. The minimum atomic E-state index is -1.00. The van der Waals surface area contributed by atoms with Gasteiger partial charge in [0.15, 0.2) is 6.61 Å². The van der Waals surface area contributed by atoms with Gasteiger partial charge in [0.25, 0.3) is 11.6 Å². The van der Waals surface area contributed by atoms with Gasteiger partial charge in [0.1, 0.15) is 11.6 Å². The highest BCUT2D eigenvalue weighted by Gasteiger charge is 2.17. The summed E-state index contributed by atoms with van der Waals surface area (Å²) in [5.41, 5.74) is -0.508. The third kappa shape index (κ3) is 4.50. The maximum atomic E-state index is 13.4. The molecule has 9 heteroatoms. The molecular formula is C16H13FN2O6. The first kappa shape index (κ1) is 17.9. The van der Waals surface area contributed by atoms with Crippen molar-refractivity contribution in [2.45, 2.75) is 0 Å². The van der Waals surface area contributed by atoms with Gasteiger partial charge in [-0.05, 0) is 18.2 Å². The van der Waals surface area contributed by atoms with E-state index in [1.54, 1.807) is 0 Å². The number of ether oxygens (including phenoxy) is 2. The summed E-state index contributed by atoms with van der Waals surface area (Å²) in [6.45, 7) is -0.695. The molecule has 0 spiro atoms. The van der Waals surface area contributed by atoms with E-state index in [1.165, 1.54) is 37.4 Å². The van der Waals surface area contributed by atoms with Crippen LogP contribution >= 0.6 is 0 Å². The lowest BCUT2D eigenvalue weighted by Crippen LogP contribution is -2.21. The average Bonchev–Trinajstić information content (AvgIpc) is 2.60. The molecule has 0 fully saturated rings. The molecule has 0 aliphatic heterocycles. The van der Waals surface area contributed by atoms with Crippen LogP contribution in [0, 0.1) is 15.9 Å². The lowest BCUT2D eigenvalue weighted by atomic mass is 10.2. The summed E-state index contributed by atoms with van der Waals surface area (Å²) in [6, 6.07) is 8.81. The Bertz CT molecular complexity index is 824. The van der Waals surface area contributed by atoms with E-state index >= 15 is 0 Å². The van der Waals surface area contributed by atoms with Crippen molar-refractivity contribution in [1.82, 2.24) is 0 Å². The number of esters is 1. The van der Waals surface area contributed by atoms with Crippen LogP contribution in [0.15, 0.2) is 42.5 Å². The molecule has 0 saturated carbocycles. The number of non-ortho nitro benzene ring substituents is 1. The molecule has 0 radical (unpaired) electrons. The van der Waals surface area contributed by atoms with Crippen LogP contribution in [0.5, 0.6) is 5.75 Å². The minimum Gasteiger partial charge on any atom is -0.495 e. The van der Waals surface area contributed by atoms with Crippen molar-refractivity contribution in [3.63, 3.8) is 0 Å². The molecule has 0 saturated heterocycles. The smallest absolute Gasteiger partial charge is 0.341 e. The first-order valence-corrected chi connectivity index (χ1v) is 6.96. The van der Waals surface area contributed by atoms with Gasteiger partial charge in [-0.15, -0.1) is 0 Å². The summed E-state index contributed by atoms with van der Waals surface area (Å²) in [7, 11) is 1.33. The second-order valence-corrected chi connectivity index (χ2v) is 4.75. The first-order chi connectivity index (χ1) is 11.9. The van der Waals surface area contributed by atoms with Crippen LogP contribution in [-0.2, 0) is 9.53 Å². The molecule has 0 bridgehead atoms. The number of carbonyl (C=O) groups is 2. The molecule has 0 atom stereocenters. The molecule has 8 nitrogen and oxygen atoms in total. The highest BCUT2D eigenvalue weighted by molar-refractivity contribution is 5.96. The Labute approximate surface area is 141 Å². The molecule has 2 aromatic rings. The Morgan fingerprint density at radius 2 is 1.96 bits per heavy atom. The van der Waals surface area contributed by atoms with E-state index < -0.39 is 29.2 Å². The van der Waals surface area contributed by atoms with Gasteiger partial charge in [-0.2, -0.15) is 0 Å². The van der Waals surface area contributed by atoms with Crippen LogP contribution in [0.3, 0.4) is 0 Å². The van der Waals surface area contributed by atoms with Crippen LogP contribution in [0.2, 0.25) is 0 Å². The summed E-state index contributed by atoms with van der Waals surface area (Å²) in [4.78, 5) is 33.8. The fraction of sp³-hybridized carbons (Fsp3) is 0.125. The number of benzene rings is 2. The zero-order chi connectivity index (χ0) is 18.4. The van der Waals surface area contributed by atoms with Gasteiger partial charge in [-0.25, -0.2) is 9.18 Å². The maximum Gasteiger partial charge on any atom is 0.341 e. The second-order valence-electron chi connectivity index (χ2n) is 4.75.